The number of methoxy groups -OCH3 is 2. The third-order valence-electron chi connectivity index (χ3n) is 2.44. The summed E-state index contributed by atoms with van der Waals surface area (Å²) in [5, 5.41) is 0. The largest absolute Gasteiger partial charge is 0.486 e. The molecule has 1 aliphatic heterocycles. The fourth-order valence-electron chi connectivity index (χ4n) is 1.63. The van der Waals surface area contributed by atoms with E-state index in [0.717, 1.165) is 0 Å². The van der Waals surface area contributed by atoms with Gasteiger partial charge in [-0.3, -0.25) is 0 Å². The van der Waals surface area contributed by atoms with Gasteiger partial charge in [0.15, 0.2) is 17.6 Å². The molecular weight excluding hydrogens is 224 g/mol. The molecule has 1 heterocycles. The topological polar surface area (TPSA) is 54.0 Å². The summed E-state index contributed by atoms with van der Waals surface area (Å²) in [5.41, 5.74) is 0.438. The number of rotatable bonds is 3. The lowest BCUT2D eigenvalue weighted by atomic mass is 10.2. The summed E-state index contributed by atoms with van der Waals surface area (Å²) < 4.78 is 20.8. The van der Waals surface area contributed by atoms with Crippen molar-refractivity contribution in [3.8, 4) is 11.5 Å². The average molecular weight is 238 g/mol. The minimum atomic E-state index is -0.398. The highest BCUT2D eigenvalue weighted by atomic mass is 16.6. The second-order valence-electron chi connectivity index (χ2n) is 3.66. The molecule has 1 aliphatic rings. The third-order valence-corrected chi connectivity index (χ3v) is 2.44. The summed E-state index contributed by atoms with van der Waals surface area (Å²) in [6.45, 7) is 0.889. The van der Waals surface area contributed by atoms with Crippen molar-refractivity contribution in [3.63, 3.8) is 0 Å². The van der Waals surface area contributed by atoms with Crippen LogP contribution in [-0.4, -0.2) is 39.5 Å². The number of fused-ring (bicyclic) bond motifs is 1. The van der Waals surface area contributed by atoms with E-state index in [-0.39, 0.29) is 6.10 Å². The molecule has 5 heteroatoms. The maximum absolute atomic E-state index is 11.4. The van der Waals surface area contributed by atoms with E-state index in [1.165, 1.54) is 7.11 Å². The molecule has 5 nitrogen and oxygen atoms in total. The van der Waals surface area contributed by atoms with E-state index < -0.39 is 5.97 Å². The van der Waals surface area contributed by atoms with E-state index in [1.807, 2.05) is 0 Å². The van der Waals surface area contributed by atoms with Crippen LogP contribution in [0.1, 0.15) is 10.4 Å². The SMILES string of the molecule is COC[C@@H]1COc2ccc(C(=O)OC)cc2O1. The Hall–Kier alpha value is -1.75. The highest BCUT2D eigenvalue weighted by molar-refractivity contribution is 5.90. The fourth-order valence-corrected chi connectivity index (χ4v) is 1.63. The summed E-state index contributed by atoms with van der Waals surface area (Å²) in [4.78, 5) is 11.4. The zero-order valence-electron chi connectivity index (χ0n) is 9.76. The van der Waals surface area contributed by atoms with Crippen molar-refractivity contribution in [2.45, 2.75) is 6.10 Å². The minimum absolute atomic E-state index is 0.152. The number of hydrogen-bond donors (Lipinski definition) is 0. The summed E-state index contributed by atoms with van der Waals surface area (Å²) in [6.07, 6.45) is -0.152. The molecule has 0 amide bonds. The zero-order valence-corrected chi connectivity index (χ0v) is 9.76. The Balaban J connectivity index is 2.20. The van der Waals surface area contributed by atoms with Crippen LogP contribution in [0.2, 0.25) is 0 Å². The molecule has 0 saturated heterocycles. The second kappa shape index (κ2) is 5.05. The smallest absolute Gasteiger partial charge is 0.337 e. The highest BCUT2D eigenvalue weighted by Gasteiger charge is 2.22. The van der Waals surface area contributed by atoms with Crippen molar-refractivity contribution < 1.29 is 23.7 Å². The van der Waals surface area contributed by atoms with E-state index in [2.05, 4.69) is 4.74 Å². The molecule has 0 fully saturated rings. The standard InChI is InChI=1S/C12H14O5/c1-14-6-9-7-16-10-4-3-8(12(13)15-2)5-11(10)17-9/h3-5,9H,6-7H2,1-2H3/t9-/m1/s1. The van der Waals surface area contributed by atoms with Crippen molar-refractivity contribution in [1.29, 1.82) is 0 Å². The quantitative estimate of drug-likeness (QED) is 0.742. The Morgan fingerprint density at radius 2 is 2.24 bits per heavy atom. The Morgan fingerprint density at radius 3 is 2.94 bits per heavy atom. The van der Waals surface area contributed by atoms with E-state index in [9.17, 15) is 4.79 Å². The predicted molar refractivity (Wildman–Crippen MR) is 59.6 cm³/mol. The summed E-state index contributed by atoms with van der Waals surface area (Å²) in [6, 6.07) is 4.96. The van der Waals surface area contributed by atoms with Crippen LogP contribution >= 0.6 is 0 Å². The van der Waals surface area contributed by atoms with Crippen LogP contribution in [-0.2, 0) is 9.47 Å². The molecular formula is C12H14O5. The number of ether oxygens (including phenoxy) is 4. The average Bonchev–Trinajstić information content (AvgIpc) is 2.37. The second-order valence-corrected chi connectivity index (χ2v) is 3.66. The van der Waals surface area contributed by atoms with Gasteiger partial charge < -0.3 is 18.9 Å². The van der Waals surface area contributed by atoms with Gasteiger partial charge in [-0.1, -0.05) is 0 Å². The molecule has 0 saturated carbocycles. The van der Waals surface area contributed by atoms with E-state index >= 15 is 0 Å². The molecule has 17 heavy (non-hydrogen) atoms. The maximum Gasteiger partial charge on any atom is 0.337 e. The molecule has 92 valence electrons. The molecule has 0 unspecified atom stereocenters. The Labute approximate surface area is 99.2 Å². The lowest BCUT2D eigenvalue weighted by Gasteiger charge is -2.26. The summed E-state index contributed by atoms with van der Waals surface area (Å²) in [7, 11) is 2.94. The van der Waals surface area contributed by atoms with Crippen molar-refractivity contribution in [2.75, 3.05) is 27.4 Å². The van der Waals surface area contributed by atoms with Gasteiger partial charge >= 0.3 is 5.97 Å². The third kappa shape index (κ3) is 2.50. The molecule has 0 aromatic heterocycles. The number of esters is 1. The number of benzene rings is 1. The van der Waals surface area contributed by atoms with Gasteiger partial charge in [-0.2, -0.15) is 0 Å². The molecule has 2 rings (SSSR count). The predicted octanol–water partition coefficient (Wildman–Crippen LogP) is 1.26. The highest BCUT2D eigenvalue weighted by Crippen LogP contribution is 2.32. The molecule has 1 atom stereocenters. The van der Waals surface area contributed by atoms with Crippen molar-refractivity contribution in [3.05, 3.63) is 23.8 Å². The Kier molecular flexibility index (Phi) is 3.49. The van der Waals surface area contributed by atoms with E-state index in [1.54, 1.807) is 25.3 Å². The van der Waals surface area contributed by atoms with Crippen LogP contribution in [0, 0.1) is 0 Å². The molecule has 1 aromatic rings. The molecule has 0 spiro atoms. The molecule has 0 N–H and O–H groups in total. The van der Waals surface area contributed by atoms with E-state index in [4.69, 9.17) is 14.2 Å². The monoisotopic (exact) mass is 238 g/mol. The van der Waals surface area contributed by atoms with Crippen LogP contribution in [0.3, 0.4) is 0 Å². The number of carbonyl (C=O) groups is 1. The first-order chi connectivity index (χ1) is 8.24. The van der Waals surface area contributed by atoms with Gasteiger partial charge in [0, 0.05) is 7.11 Å². The molecule has 0 radical (unpaired) electrons. The summed E-state index contributed by atoms with van der Waals surface area (Å²) in [5.74, 6) is 0.775. The fraction of sp³-hybridized carbons (Fsp3) is 0.417. The first-order valence-electron chi connectivity index (χ1n) is 5.25. The van der Waals surface area contributed by atoms with Crippen LogP contribution in [0.15, 0.2) is 18.2 Å². The normalized spacial score (nSPS) is 17.6. The number of hydrogen-bond acceptors (Lipinski definition) is 5. The first kappa shape index (κ1) is 11.7. The van der Waals surface area contributed by atoms with Gasteiger partial charge in [0.1, 0.15) is 6.61 Å². The van der Waals surface area contributed by atoms with E-state index in [0.29, 0.717) is 30.3 Å². The Bertz CT molecular complexity index is 415. The van der Waals surface area contributed by atoms with Gasteiger partial charge in [-0.05, 0) is 18.2 Å². The van der Waals surface area contributed by atoms with Crippen molar-refractivity contribution in [1.82, 2.24) is 0 Å². The van der Waals surface area contributed by atoms with Crippen molar-refractivity contribution >= 4 is 5.97 Å². The van der Waals surface area contributed by atoms with Gasteiger partial charge in [0.05, 0.1) is 19.3 Å². The van der Waals surface area contributed by atoms with Gasteiger partial charge in [0.2, 0.25) is 0 Å². The van der Waals surface area contributed by atoms with Crippen molar-refractivity contribution in [2.24, 2.45) is 0 Å². The van der Waals surface area contributed by atoms with Gasteiger partial charge in [-0.25, -0.2) is 4.79 Å². The van der Waals surface area contributed by atoms with Gasteiger partial charge in [-0.15, -0.1) is 0 Å². The summed E-state index contributed by atoms with van der Waals surface area (Å²) >= 11 is 0. The lowest BCUT2D eigenvalue weighted by molar-refractivity contribution is 0.0270. The lowest BCUT2D eigenvalue weighted by Crippen LogP contribution is -2.33. The molecule has 0 aliphatic carbocycles. The zero-order chi connectivity index (χ0) is 12.3. The van der Waals surface area contributed by atoms with Crippen LogP contribution in [0.4, 0.5) is 0 Å². The molecule has 0 bridgehead atoms. The molecule has 1 aromatic carbocycles. The maximum atomic E-state index is 11.4. The first-order valence-corrected chi connectivity index (χ1v) is 5.25. The van der Waals surface area contributed by atoms with Crippen LogP contribution < -0.4 is 9.47 Å². The minimum Gasteiger partial charge on any atom is -0.486 e. The van der Waals surface area contributed by atoms with Crippen LogP contribution in [0.5, 0.6) is 11.5 Å². The van der Waals surface area contributed by atoms with Crippen LogP contribution in [0.25, 0.3) is 0 Å². The number of carbonyl (C=O) groups excluding carboxylic acids is 1. The Morgan fingerprint density at radius 1 is 1.41 bits per heavy atom. The van der Waals surface area contributed by atoms with Gasteiger partial charge in [0.25, 0.3) is 0 Å².